The minimum Gasteiger partial charge on any atom is -0.392 e. The van der Waals surface area contributed by atoms with E-state index in [-0.39, 0.29) is 31.1 Å². The number of ether oxygens (including phenoxy) is 2. The van der Waals surface area contributed by atoms with Gasteiger partial charge in [0, 0.05) is 55.7 Å². The number of hydroxylamine groups is 1. The molecule has 40 heavy (non-hydrogen) atoms. The Kier molecular flexibility index (Phi) is 11.1. The van der Waals surface area contributed by atoms with E-state index < -0.39 is 12.2 Å². The number of benzene rings is 2. The number of amides is 2. The van der Waals surface area contributed by atoms with Crippen LogP contribution in [0.3, 0.4) is 0 Å². The number of aliphatic hydroxyl groups excluding tert-OH is 1. The SMILES string of the molecule is Cn1ccnc1SC[C@@H]1C[C@H](c2ccc(CO)cc2)O[C@H](c2cccc(NC(=O)CCCCCC(=O)NO)c2)O1. The molecule has 2 heterocycles. The fourth-order valence-corrected chi connectivity index (χ4v) is 5.42. The lowest BCUT2D eigenvalue weighted by molar-refractivity contribution is -0.245. The van der Waals surface area contributed by atoms with Gasteiger partial charge < -0.3 is 24.5 Å². The number of carbonyl (C=O) groups is 2. The fraction of sp³-hybridized carbons (Fsp3) is 0.414. The third-order valence-corrected chi connectivity index (χ3v) is 7.86. The highest BCUT2D eigenvalue weighted by molar-refractivity contribution is 7.99. The van der Waals surface area contributed by atoms with Crippen LogP contribution in [0.2, 0.25) is 0 Å². The van der Waals surface area contributed by atoms with Crippen molar-refractivity contribution in [2.24, 2.45) is 7.05 Å². The summed E-state index contributed by atoms with van der Waals surface area (Å²) in [7, 11) is 1.96. The van der Waals surface area contributed by atoms with Gasteiger partial charge in [0.1, 0.15) is 0 Å². The molecule has 2 amide bonds. The van der Waals surface area contributed by atoms with Crippen molar-refractivity contribution in [2.75, 3.05) is 11.1 Å². The van der Waals surface area contributed by atoms with Crippen molar-refractivity contribution < 1.29 is 29.4 Å². The second kappa shape index (κ2) is 15.0. The van der Waals surface area contributed by atoms with Gasteiger partial charge in [-0.05, 0) is 36.1 Å². The number of thioether (sulfide) groups is 1. The van der Waals surface area contributed by atoms with Crippen molar-refractivity contribution in [3.63, 3.8) is 0 Å². The van der Waals surface area contributed by atoms with E-state index in [1.807, 2.05) is 66.3 Å². The number of anilines is 1. The van der Waals surface area contributed by atoms with Crippen molar-refractivity contribution in [1.82, 2.24) is 15.0 Å². The number of aryl methyl sites for hydroxylation is 1. The van der Waals surface area contributed by atoms with Crippen LogP contribution in [0.25, 0.3) is 0 Å². The molecular formula is C29H36N4O6S. The molecule has 10 nitrogen and oxygen atoms in total. The lowest BCUT2D eigenvalue weighted by Crippen LogP contribution is -2.31. The van der Waals surface area contributed by atoms with Crippen LogP contribution in [0, 0.1) is 0 Å². The first-order valence-corrected chi connectivity index (χ1v) is 14.4. The number of aliphatic hydroxyl groups is 1. The highest BCUT2D eigenvalue weighted by Crippen LogP contribution is 2.39. The van der Waals surface area contributed by atoms with E-state index in [0.717, 1.165) is 21.8 Å². The normalized spacial score (nSPS) is 18.8. The standard InChI is InChI=1S/C29H36N4O6S/c1-33-15-14-30-29(33)40-19-24-17-25(21-12-10-20(18-34)11-13-21)39-28(38-24)22-6-5-7-23(16-22)31-26(35)8-3-2-4-9-27(36)32-37/h5-7,10-16,24-25,28,34,37H,2-4,8-9,17-19H2,1H3,(H,31,35)(H,32,36)/t24-,25+,28+/m0/s1. The molecule has 2 aromatic carbocycles. The lowest BCUT2D eigenvalue weighted by Gasteiger charge is -2.36. The highest BCUT2D eigenvalue weighted by Gasteiger charge is 2.32. The van der Waals surface area contributed by atoms with E-state index in [1.165, 1.54) is 0 Å². The monoisotopic (exact) mass is 568 g/mol. The Hall–Kier alpha value is -3.22. The minimum atomic E-state index is -0.627. The Balaban J connectivity index is 1.40. The molecule has 11 heteroatoms. The minimum absolute atomic E-state index is 0.0140. The summed E-state index contributed by atoms with van der Waals surface area (Å²) in [4.78, 5) is 28.0. The topological polar surface area (TPSA) is 135 Å². The number of nitrogens with zero attached hydrogens (tertiary/aromatic N) is 2. The van der Waals surface area contributed by atoms with Gasteiger partial charge in [-0.25, -0.2) is 10.5 Å². The maximum Gasteiger partial charge on any atom is 0.243 e. The average Bonchev–Trinajstić information content (AvgIpc) is 3.40. The van der Waals surface area contributed by atoms with Crippen LogP contribution in [0.1, 0.15) is 67.6 Å². The number of aromatic nitrogens is 2. The summed E-state index contributed by atoms with van der Waals surface area (Å²) in [6.07, 6.45) is 5.95. The largest absolute Gasteiger partial charge is 0.392 e. The van der Waals surface area contributed by atoms with Crippen LogP contribution in [-0.2, 0) is 32.7 Å². The summed E-state index contributed by atoms with van der Waals surface area (Å²) in [5.41, 5.74) is 4.92. The van der Waals surface area contributed by atoms with Gasteiger partial charge in [0.2, 0.25) is 11.8 Å². The summed E-state index contributed by atoms with van der Waals surface area (Å²) < 4.78 is 14.8. The first kappa shape index (κ1) is 29.8. The number of hydrogen-bond acceptors (Lipinski definition) is 8. The zero-order valence-corrected chi connectivity index (χ0v) is 23.3. The number of unbranched alkanes of at least 4 members (excludes halogenated alkanes) is 2. The Morgan fingerprint density at radius 1 is 1.05 bits per heavy atom. The van der Waals surface area contributed by atoms with Crippen molar-refractivity contribution in [2.45, 2.75) is 68.8 Å². The molecule has 1 fully saturated rings. The number of hydrogen-bond donors (Lipinski definition) is 4. The average molecular weight is 569 g/mol. The molecular weight excluding hydrogens is 532 g/mol. The molecule has 0 aliphatic carbocycles. The molecule has 0 radical (unpaired) electrons. The van der Waals surface area contributed by atoms with Crippen LogP contribution in [0.15, 0.2) is 66.1 Å². The van der Waals surface area contributed by atoms with Gasteiger partial charge in [-0.2, -0.15) is 0 Å². The molecule has 0 saturated carbocycles. The van der Waals surface area contributed by atoms with Crippen LogP contribution in [-0.4, -0.2) is 43.5 Å². The number of carbonyl (C=O) groups excluding carboxylic acids is 2. The molecule has 1 saturated heterocycles. The summed E-state index contributed by atoms with van der Waals surface area (Å²) in [5, 5.41) is 21.8. The summed E-state index contributed by atoms with van der Waals surface area (Å²) >= 11 is 1.63. The maximum atomic E-state index is 12.5. The number of rotatable bonds is 13. The molecule has 1 aliphatic heterocycles. The Morgan fingerprint density at radius 3 is 2.52 bits per heavy atom. The number of nitrogens with one attached hydrogen (secondary N) is 2. The quantitative estimate of drug-likeness (QED) is 0.101. The molecule has 0 spiro atoms. The van der Waals surface area contributed by atoms with Gasteiger partial charge in [0.15, 0.2) is 11.4 Å². The second-order valence-corrected chi connectivity index (χ2v) is 10.7. The predicted molar refractivity (Wildman–Crippen MR) is 150 cm³/mol. The summed E-state index contributed by atoms with van der Waals surface area (Å²) in [5.74, 6) is 0.169. The second-order valence-electron chi connectivity index (χ2n) is 9.75. The molecule has 3 atom stereocenters. The van der Waals surface area contributed by atoms with Crippen molar-refractivity contribution in [3.05, 3.63) is 77.6 Å². The van der Waals surface area contributed by atoms with Gasteiger partial charge >= 0.3 is 0 Å². The molecule has 3 aromatic rings. The van der Waals surface area contributed by atoms with E-state index in [0.29, 0.717) is 43.5 Å². The van der Waals surface area contributed by atoms with E-state index in [9.17, 15) is 14.7 Å². The molecule has 4 N–H and O–H groups in total. The van der Waals surface area contributed by atoms with E-state index in [2.05, 4.69) is 10.3 Å². The molecule has 4 rings (SSSR count). The Morgan fingerprint density at radius 2 is 1.82 bits per heavy atom. The van der Waals surface area contributed by atoms with E-state index >= 15 is 0 Å². The maximum absolute atomic E-state index is 12.5. The Bertz CT molecular complexity index is 1250. The Labute approximate surface area is 238 Å². The predicted octanol–water partition coefficient (Wildman–Crippen LogP) is 4.64. The van der Waals surface area contributed by atoms with Crippen LogP contribution in [0.5, 0.6) is 0 Å². The number of imidazole rings is 1. The fourth-order valence-electron chi connectivity index (χ4n) is 4.47. The van der Waals surface area contributed by atoms with Gasteiger partial charge in [-0.3, -0.25) is 14.8 Å². The van der Waals surface area contributed by atoms with E-state index in [1.54, 1.807) is 23.4 Å². The highest BCUT2D eigenvalue weighted by atomic mass is 32.2. The third kappa shape index (κ3) is 8.64. The first-order chi connectivity index (χ1) is 19.4. The van der Waals surface area contributed by atoms with Crippen molar-refractivity contribution >= 4 is 29.3 Å². The molecule has 0 unspecified atom stereocenters. The van der Waals surface area contributed by atoms with Gasteiger partial charge in [0.05, 0.1) is 18.8 Å². The smallest absolute Gasteiger partial charge is 0.243 e. The van der Waals surface area contributed by atoms with Crippen LogP contribution >= 0.6 is 11.8 Å². The zero-order valence-electron chi connectivity index (χ0n) is 22.5. The van der Waals surface area contributed by atoms with E-state index in [4.69, 9.17) is 14.7 Å². The summed E-state index contributed by atoms with van der Waals surface area (Å²) in [6, 6.07) is 15.2. The van der Waals surface area contributed by atoms with Crippen molar-refractivity contribution in [1.29, 1.82) is 0 Å². The molecule has 1 aromatic heterocycles. The van der Waals surface area contributed by atoms with Gasteiger partial charge in [-0.1, -0.05) is 54.6 Å². The molecule has 1 aliphatic rings. The van der Waals surface area contributed by atoms with Gasteiger partial charge in [-0.15, -0.1) is 0 Å². The summed E-state index contributed by atoms with van der Waals surface area (Å²) in [6.45, 7) is -0.0140. The lowest BCUT2D eigenvalue weighted by atomic mass is 10.0. The van der Waals surface area contributed by atoms with Crippen LogP contribution in [0.4, 0.5) is 5.69 Å². The first-order valence-electron chi connectivity index (χ1n) is 13.4. The third-order valence-electron chi connectivity index (χ3n) is 6.67. The molecule has 214 valence electrons. The van der Waals surface area contributed by atoms with Crippen molar-refractivity contribution in [3.8, 4) is 0 Å². The zero-order chi connectivity index (χ0) is 28.3. The van der Waals surface area contributed by atoms with Crippen LogP contribution < -0.4 is 10.8 Å². The molecule has 0 bridgehead atoms. The van der Waals surface area contributed by atoms with Gasteiger partial charge in [0.25, 0.3) is 0 Å².